The molecule has 0 aliphatic carbocycles. The minimum absolute atomic E-state index is 0.0449. The van der Waals surface area contributed by atoms with E-state index in [9.17, 15) is 8.42 Å². The SMILES string of the molecule is CSc1ccc(/C=C/C=C(\CS(=O)(=O)c2ccccc2)c2ccccc2)cc1. The van der Waals surface area contributed by atoms with E-state index in [-0.39, 0.29) is 5.75 Å². The molecule has 0 aliphatic rings. The molecule has 0 fully saturated rings. The van der Waals surface area contributed by atoms with Crippen molar-refractivity contribution in [3.63, 3.8) is 0 Å². The van der Waals surface area contributed by atoms with Crippen molar-refractivity contribution in [1.29, 1.82) is 0 Å². The Morgan fingerprint density at radius 3 is 2.07 bits per heavy atom. The van der Waals surface area contributed by atoms with E-state index < -0.39 is 9.84 Å². The van der Waals surface area contributed by atoms with Gasteiger partial charge in [-0.3, -0.25) is 0 Å². The first-order valence-electron chi connectivity index (χ1n) is 8.93. The average Bonchev–Trinajstić information content (AvgIpc) is 2.75. The molecule has 3 rings (SSSR count). The smallest absolute Gasteiger partial charge is 0.182 e. The zero-order valence-electron chi connectivity index (χ0n) is 15.7. The molecule has 0 bridgehead atoms. The van der Waals surface area contributed by atoms with Crippen LogP contribution in [0.5, 0.6) is 0 Å². The van der Waals surface area contributed by atoms with Crippen molar-refractivity contribution in [2.24, 2.45) is 0 Å². The Balaban J connectivity index is 1.89. The fourth-order valence-electron chi connectivity index (χ4n) is 2.79. The number of benzene rings is 3. The molecule has 3 aromatic carbocycles. The summed E-state index contributed by atoms with van der Waals surface area (Å²) in [7, 11) is -3.42. The Kier molecular flexibility index (Phi) is 6.90. The van der Waals surface area contributed by atoms with Gasteiger partial charge in [0.25, 0.3) is 0 Å². The molecule has 28 heavy (non-hydrogen) atoms. The van der Waals surface area contributed by atoms with E-state index in [2.05, 4.69) is 24.3 Å². The number of hydrogen-bond donors (Lipinski definition) is 0. The molecule has 0 heterocycles. The average molecular weight is 407 g/mol. The zero-order chi connectivity index (χ0) is 19.8. The van der Waals surface area contributed by atoms with Gasteiger partial charge in [0.1, 0.15) is 0 Å². The molecule has 0 atom stereocenters. The van der Waals surface area contributed by atoms with Crippen molar-refractivity contribution in [3.05, 3.63) is 108 Å². The van der Waals surface area contributed by atoms with Gasteiger partial charge in [-0.25, -0.2) is 8.42 Å². The van der Waals surface area contributed by atoms with Gasteiger partial charge in [-0.2, -0.15) is 0 Å². The summed E-state index contributed by atoms with van der Waals surface area (Å²) in [5.74, 6) is -0.0449. The quantitative estimate of drug-likeness (QED) is 0.358. The Hall–Kier alpha value is -2.56. The van der Waals surface area contributed by atoms with Gasteiger partial charge in [0.2, 0.25) is 0 Å². The zero-order valence-corrected chi connectivity index (χ0v) is 17.3. The van der Waals surface area contributed by atoms with Crippen molar-refractivity contribution in [1.82, 2.24) is 0 Å². The number of sulfone groups is 1. The van der Waals surface area contributed by atoms with E-state index in [1.807, 2.05) is 60.9 Å². The molecule has 0 unspecified atom stereocenters. The van der Waals surface area contributed by atoms with Crippen LogP contribution in [0.25, 0.3) is 11.6 Å². The fourth-order valence-corrected chi connectivity index (χ4v) is 4.61. The van der Waals surface area contributed by atoms with Crippen LogP contribution in [-0.2, 0) is 9.84 Å². The summed E-state index contributed by atoms with van der Waals surface area (Å²) in [6.07, 6.45) is 7.84. The van der Waals surface area contributed by atoms with Crippen LogP contribution in [0.15, 0.2) is 107 Å². The highest BCUT2D eigenvalue weighted by molar-refractivity contribution is 7.98. The van der Waals surface area contributed by atoms with Crippen LogP contribution in [0, 0.1) is 0 Å². The lowest BCUT2D eigenvalue weighted by atomic mass is 10.1. The molecular formula is C24H22O2S2. The highest BCUT2D eigenvalue weighted by atomic mass is 32.2. The molecule has 0 spiro atoms. The van der Waals surface area contributed by atoms with Gasteiger partial charge in [0.15, 0.2) is 9.84 Å². The maximum atomic E-state index is 12.9. The molecule has 3 aromatic rings. The lowest BCUT2D eigenvalue weighted by Gasteiger charge is -2.09. The van der Waals surface area contributed by atoms with Gasteiger partial charge in [-0.15, -0.1) is 11.8 Å². The Bertz CT molecular complexity index is 1050. The van der Waals surface area contributed by atoms with E-state index in [1.165, 1.54) is 4.90 Å². The molecular weight excluding hydrogens is 384 g/mol. The fraction of sp³-hybridized carbons (Fsp3) is 0.0833. The summed E-state index contributed by atoms with van der Waals surface area (Å²) in [5, 5.41) is 0. The van der Waals surface area contributed by atoms with Gasteiger partial charge in [0.05, 0.1) is 10.6 Å². The molecule has 0 saturated carbocycles. The van der Waals surface area contributed by atoms with Crippen molar-refractivity contribution in [3.8, 4) is 0 Å². The third-order valence-corrected chi connectivity index (χ3v) is 6.72. The third-order valence-electron chi connectivity index (χ3n) is 4.29. The Morgan fingerprint density at radius 1 is 0.857 bits per heavy atom. The molecule has 0 amide bonds. The molecule has 0 N–H and O–H groups in total. The van der Waals surface area contributed by atoms with Crippen LogP contribution in [0.4, 0.5) is 0 Å². The number of rotatable bonds is 7. The van der Waals surface area contributed by atoms with Gasteiger partial charge >= 0.3 is 0 Å². The number of allylic oxidation sites excluding steroid dienone is 2. The van der Waals surface area contributed by atoms with Gasteiger partial charge in [-0.05, 0) is 47.2 Å². The van der Waals surface area contributed by atoms with Crippen LogP contribution in [0.2, 0.25) is 0 Å². The first-order chi connectivity index (χ1) is 13.6. The molecule has 0 aromatic heterocycles. The second-order valence-electron chi connectivity index (χ2n) is 6.26. The first-order valence-corrected chi connectivity index (χ1v) is 11.8. The molecule has 0 radical (unpaired) electrons. The van der Waals surface area contributed by atoms with Crippen molar-refractivity contribution in [2.75, 3.05) is 12.0 Å². The maximum Gasteiger partial charge on any atom is 0.182 e. The standard InChI is InChI=1S/C24H22O2S2/c1-27-23-17-15-20(16-18-23)9-8-12-22(21-10-4-2-5-11-21)19-28(25,26)24-13-6-3-7-14-24/h2-18H,19H2,1H3/b9-8+,22-12+. The molecule has 0 saturated heterocycles. The van der Waals surface area contributed by atoms with Crippen LogP contribution in [0.1, 0.15) is 11.1 Å². The van der Waals surface area contributed by atoms with Crippen LogP contribution < -0.4 is 0 Å². The van der Waals surface area contributed by atoms with Gasteiger partial charge in [-0.1, -0.05) is 78.9 Å². The molecule has 0 aliphatic heterocycles. The predicted octanol–water partition coefficient (Wildman–Crippen LogP) is 5.98. The topological polar surface area (TPSA) is 34.1 Å². The van der Waals surface area contributed by atoms with Crippen LogP contribution >= 0.6 is 11.8 Å². The van der Waals surface area contributed by atoms with Crippen molar-refractivity contribution in [2.45, 2.75) is 9.79 Å². The molecule has 142 valence electrons. The number of hydrogen-bond acceptors (Lipinski definition) is 3. The van der Waals surface area contributed by atoms with Gasteiger partial charge in [0, 0.05) is 4.90 Å². The highest BCUT2D eigenvalue weighted by Gasteiger charge is 2.17. The molecule has 4 heteroatoms. The molecule has 2 nitrogen and oxygen atoms in total. The van der Waals surface area contributed by atoms with E-state index in [0.717, 1.165) is 16.7 Å². The lowest BCUT2D eigenvalue weighted by Crippen LogP contribution is -2.08. The minimum Gasteiger partial charge on any atom is -0.223 e. The highest BCUT2D eigenvalue weighted by Crippen LogP contribution is 2.22. The van der Waals surface area contributed by atoms with Gasteiger partial charge < -0.3 is 0 Å². The second-order valence-corrected chi connectivity index (χ2v) is 9.13. The Morgan fingerprint density at radius 2 is 1.46 bits per heavy atom. The van der Waals surface area contributed by atoms with E-state index >= 15 is 0 Å². The summed E-state index contributed by atoms with van der Waals surface area (Å²) in [6.45, 7) is 0. The summed E-state index contributed by atoms with van der Waals surface area (Å²) in [5.41, 5.74) is 2.75. The third kappa shape index (κ3) is 5.47. The maximum absolute atomic E-state index is 12.9. The lowest BCUT2D eigenvalue weighted by molar-refractivity contribution is 0.599. The summed E-state index contributed by atoms with van der Waals surface area (Å²) in [6, 6.07) is 26.5. The van der Waals surface area contributed by atoms with Crippen molar-refractivity contribution < 1.29 is 8.42 Å². The monoisotopic (exact) mass is 406 g/mol. The largest absolute Gasteiger partial charge is 0.223 e. The van der Waals surface area contributed by atoms with E-state index in [1.54, 1.807) is 36.0 Å². The number of thioether (sulfide) groups is 1. The summed E-state index contributed by atoms with van der Waals surface area (Å²) < 4.78 is 25.7. The normalized spacial score (nSPS) is 12.4. The van der Waals surface area contributed by atoms with Crippen LogP contribution in [0.3, 0.4) is 0 Å². The predicted molar refractivity (Wildman–Crippen MR) is 120 cm³/mol. The Labute approximate surface area is 171 Å². The van der Waals surface area contributed by atoms with Crippen molar-refractivity contribution >= 4 is 33.2 Å². The second kappa shape index (κ2) is 9.58. The minimum atomic E-state index is -3.42. The first kappa shape index (κ1) is 20.2. The van der Waals surface area contributed by atoms with E-state index in [0.29, 0.717) is 4.90 Å². The summed E-state index contributed by atoms with van der Waals surface area (Å²) in [4.78, 5) is 1.56. The van der Waals surface area contributed by atoms with Crippen LogP contribution in [-0.4, -0.2) is 20.4 Å². The van der Waals surface area contributed by atoms with E-state index in [4.69, 9.17) is 0 Å². The summed E-state index contributed by atoms with van der Waals surface area (Å²) >= 11 is 1.71.